The fourth-order valence-corrected chi connectivity index (χ4v) is 1.82. The smallest absolute Gasteiger partial charge is 0.0771 e. The van der Waals surface area contributed by atoms with Crippen LogP contribution in [0.3, 0.4) is 0 Å². The van der Waals surface area contributed by atoms with E-state index in [1.165, 1.54) is 0 Å². The summed E-state index contributed by atoms with van der Waals surface area (Å²) in [7, 11) is 0. The number of nitrogens with zero attached hydrogens (tertiary/aromatic N) is 1. The molecule has 0 radical (unpaired) electrons. The summed E-state index contributed by atoms with van der Waals surface area (Å²) >= 11 is 0. The van der Waals surface area contributed by atoms with E-state index in [9.17, 15) is 5.11 Å². The normalized spacial score (nSPS) is 20.0. The zero-order valence-electron chi connectivity index (χ0n) is 8.05. The Morgan fingerprint density at radius 1 is 1.38 bits per heavy atom. The van der Waals surface area contributed by atoms with Crippen molar-refractivity contribution >= 4 is 0 Å². The lowest BCUT2D eigenvalue weighted by Gasteiger charge is -2.22. The fraction of sp³-hybridized carbons (Fsp3) is 0.900. The van der Waals surface area contributed by atoms with E-state index in [0.717, 1.165) is 38.6 Å². The highest BCUT2D eigenvalue weighted by Crippen LogP contribution is 2.28. The molecule has 0 bridgehead atoms. The summed E-state index contributed by atoms with van der Waals surface area (Å²) in [6, 6.07) is 2.10. The van der Waals surface area contributed by atoms with Crippen molar-refractivity contribution in [2.75, 3.05) is 13.1 Å². The van der Waals surface area contributed by atoms with Gasteiger partial charge in [0.05, 0.1) is 11.7 Å². The van der Waals surface area contributed by atoms with Crippen LogP contribution in [0.25, 0.3) is 0 Å². The van der Waals surface area contributed by atoms with Crippen molar-refractivity contribution in [3.63, 3.8) is 0 Å². The van der Waals surface area contributed by atoms with E-state index in [4.69, 9.17) is 5.26 Å². The highest BCUT2D eigenvalue weighted by molar-refractivity contribution is 4.86. The van der Waals surface area contributed by atoms with Crippen LogP contribution < -0.4 is 5.32 Å². The summed E-state index contributed by atoms with van der Waals surface area (Å²) in [5, 5.41) is 21.4. The first kappa shape index (κ1) is 10.5. The van der Waals surface area contributed by atoms with Gasteiger partial charge in [-0.2, -0.15) is 5.26 Å². The van der Waals surface area contributed by atoms with E-state index in [1.54, 1.807) is 0 Å². The molecule has 1 aliphatic rings. The van der Waals surface area contributed by atoms with Crippen LogP contribution in [0, 0.1) is 11.3 Å². The molecule has 0 heterocycles. The zero-order chi connectivity index (χ0) is 9.57. The van der Waals surface area contributed by atoms with E-state index < -0.39 is 5.60 Å². The molecular formula is C10H18N2O. The molecular weight excluding hydrogens is 164 g/mol. The van der Waals surface area contributed by atoms with Crippen molar-refractivity contribution < 1.29 is 5.11 Å². The molecule has 3 nitrogen and oxygen atoms in total. The molecule has 3 heteroatoms. The monoisotopic (exact) mass is 182 g/mol. The van der Waals surface area contributed by atoms with Gasteiger partial charge >= 0.3 is 0 Å². The van der Waals surface area contributed by atoms with Crippen molar-refractivity contribution in [3.8, 4) is 6.07 Å². The van der Waals surface area contributed by atoms with Crippen LogP contribution in [-0.2, 0) is 0 Å². The fourth-order valence-electron chi connectivity index (χ4n) is 1.82. The quantitative estimate of drug-likeness (QED) is 0.628. The standard InChI is InChI=1S/C10H18N2O/c11-7-3-4-8-12-9-10(13)5-1-2-6-10/h12-13H,1-6,8-9H2. The van der Waals surface area contributed by atoms with Crippen LogP contribution >= 0.6 is 0 Å². The van der Waals surface area contributed by atoms with Gasteiger partial charge in [-0.25, -0.2) is 0 Å². The van der Waals surface area contributed by atoms with Crippen LogP contribution in [0.2, 0.25) is 0 Å². The second-order valence-corrected chi connectivity index (χ2v) is 3.87. The Labute approximate surface area is 79.8 Å². The van der Waals surface area contributed by atoms with Gasteiger partial charge in [-0.15, -0.1) is 0 Å². The molecule has 1 saturated carbocycles. The molecule has 0 aromatic rings. The highest BCUT2D eigenvalue weighted by Gasteiger charge is 2.30. The third-order valence-corrected chi connectivity index (χ3v) is 2.63. The lowest BCUT2D eigenvalue weighted by molar-refractivity contribution is 0.0479. The first-order chi connectivity index (χ1) is 6.27. The van der Waals surface area contributed by atoms with Gasteiger partial charge in [0.1, 0.15) is 0 Å². The summed E-state index contributed by atoms with van der Waals surface area (Å²) in [5.41, 5.74) is -0.452. The Morgan fingerprint density at radius 3 is 2.69 bits per heavy atom. The van der Waals surface area contributed by atoms with Gasteiger partial charge in [0.2, 0.25) is 0 Å². The summed E-state index contributed by atoms with van der Waals surface area (Å²) in [4.78, 5) is 0. The molecule has 2 N–H and O–H groups in total. The molecule has 1 fully saturated rings. The predicted octanol–water partition coefficient (Wildman–Crippen LogP) is 1.18. The number of hydrogen-bond acceptors (Lipinski definition) is 3. The average Bonchev–Trinajstić information content (AvgIpc) is 2.53. The molecule has 0 unspecified atom stereocenters. The molecule has 0 saturated heterocycles. The predicted molar refractivity (Wildman–Crippen MR) is 51.1 cm³/mol. The second kappa shape index (κ2) is 5.21. The maximum absolute atomic E-state index is 9.92. The minimum absolute atomic E-state index is 0.452. The van der Waals surface area contributed by atoms with Crippen molar-refractivity contribution in [1.82, 2.24) is 5.32 Å². The van der Waals surface area contributed by atoms with Crippen molar-refractivity contribution in [3.05, 3.63) is 0 Å². The molecule has 0 spiro atoms. The maximum atomic E-state index is 9.92. The van der Waals surface area contributed by atoms with Gasteiger partial charge in [0, 0.05) is 13.0 Å². The molecule has 0 amide bonds. The van der Waals surface area contributed by atoms with E-state index >= 15 is 0 Å². The summed E-state index contributed by atoms with van der Waals surface area (Å²) in [6.07, 6.45) is 5.64. The number of unbranched alkanes of at least 4 members (excludes halogenated alkanes) is 1. The first-order valence-corrected chi connectivity index (χ1v) is 5.07. The molecule has 1 rings (SSSR count). The van der Waals surface area contributed by atoms with Crippen LogP contribution in [-0.4, -0.2) is 23.8 Å². The Balaban J connectivity index is 2.02. The van der Waals surface area contributed by atoms with E-state index in [-0.39, 0.29) is 0 Å². The van der Waals surface area contributed by atoms with Crippen LogP contribution in [0.1, 0.15) is 38.5 Å². The van der Waals surface area contributed by atoms with Crippen molar-refractivity contribution in [2.45, 2.75) is 44.1 Å². The summed E-state index contributed by atoms with van der Waals surface area (Å²) in [6.45, 7) is 1.54. The average molecular weight is 182 g/mol. The van der Waals surface area contributed by atoms with Gasteiger partial charge < -0.3 is 10.4 Å². The van der Waals surface area contributed by atoms with E-state index in [1.807, 2.05) is 0 Å². The SMILES string of the molecule is N#CCCCNCC1(O)CCCC1. The maximum Gasteiger partial charge on any atom is 0.0771 e. The lowest BCUT2D eigenvalue weighted by Crippen LogP contribution is -2.38. The Hall–Kier alpha value is -0.590. The van der Waals surface area contributed by atoms with Crippen LogP contribution in [0.5, 0.6) is 0 Å². The zero-order valence-corrected chi connectivity index (χ0v) is 8.05. The van der Waals surface area contributed by atoms with Crippen LogP contribution in [0.15, 0.2) is 0 Å². The van der Waals surface area contributed by atoms with E-state index in [2.05, 4.69) is 11.4 Å². The second-order valence-electron chi connectivity index (χ2n) is 3.87. The third kappa shape index (κ3) is 3.75. The molecule has 1 aliphatic carbocycles. The topological polar surface area (TPSA) is 56.0 Å². The molecule has 13 heavy (non-hydrogen) atoms. The van der Waals surface area contributed by atoms with Gasteiger partial charge in [0.25, 0.3) is 0 Å². The molecule has 0 aromatic carbocycles. The first-order valence-electron chi connectivity index (χ1n) is 5.07. The molecule has 0 aromatic heterocycles. The van der Waals surface area contributed by atoms with Gasteiger partial charge in [-0.1, -0.05) is 12.8 Å². The highest BCUT2D eigenvalue weighted by atomic mass is 16.3. The van der Waals surface area contributed by atoms with E-state index in [0.29, 0.717) is 13.0 Å². The number of nitrogens with one attached hydrogen (secondary N) is 1. The number of nitriles is 1. The lowest BCUT2D eigenvalue weighted by atomic mass is 10.0. The molecule has 0 aliphatic heterocycles. The number of aliphatic hydroxyl groups is 1. The van der Waals surface area contributed by atoms with Gasteiger partial charge in [-0.05, 0) is 25.8 Å². The van der Waals surface area contributed by atoms with Gasteiger partial charge in [-0.3, -0.25) is 0 Å². The summed E-state index contributed by atoms with van der Waals surface area (Å²) < 4.78 is 0. The van der Waals surface area contributed by atoms with Crippen LogP contribution in [0.4, 0.5) is 0 Å². The largest absolute Gasteiger partial charge is 0.389 e. The van der Waals surface area contributed by atoms with Gasteiger partial charge in [0.15, 0.2) is 0 Å². The van der Waals surface area contributed by atoms with Crippen molar-refractivity contribution in [1.29, 1.82) is 5.26 Å². The number of rotatable bonds is 5. The molecule has 0 atom stereocenters. The Bertz CT molecular complexity index is 180. The minimum atomic E-state index is -0.452. The minimum Gasteiger partial charge on any atom is -0.389 e. The number of hydrogen-bond donors (Lipinski definition) is 2. The summed E-state index contributed by atoms with van der Waals surface area (Å²) in [5.74, 6) is 0. The Morgan fingerprint density at radius 2 is 2.08 bits per heavy atom. The molecule has 74 valence electrons. The van der Waals surface area contributed by atoms with Crippen molar-refractivity contribution in [2.24, 2.45) is 0 Å². The third-order valence-electron chi connectivity index (χ3n) is 2.63. The Kier molecular flexibility index (Phi) is 4.20.